The molecule has 1 aliphatic carbocycles. The molecule has 0 amide bonds. The molecule has 0 bridgehead atoms. The van der Waals surface area contributed by atoms with E-state index in [0.29, 0.717) is 19.4 Å². The zero-order chi connectivity index (χ0) is 15.7. The minimum atomic E-state index is -0.727. The van der Waals surface area contributed by atoms with Gasteiger partial charge in [-0.2, -0.15) is 0 Å². The van der Waals surface area contributed by atoms with Crippen molar-refractivity contribution in [2.75, 3.05) is 19.8 Å². The van der Waals surface area contributed by atoms with Gasteiger partial charge in [0.05, 0.1) is 19.8 Å². The van der Waals surface area contributed by atoms with Gasteiger partial charge in [0.25, 0.3) is 0 Å². The van der Waals surface area contributed by atoms with E-state index in [9.17, 15) is 9.59 Å². The third-order valence-corrected chi connectivity index (χ3v) is 4.07. The lowest BCUT2D eigenvalue weighted by molar-refractivity contribution is -0.162. The van der Waals surface area contributed by atoms with Crippen molar-refractivity contribution in [2.24, 2.45) is 11.8 Å². The minimum Gasteiger partial charge on any atom is -0.464 e. The van der Waals surface area contributed by atoms with Gasteiger partial charge >= 0.3 is 5.97 Å². The average molecular weight is 300 g/mol. The Balaban J connectivity index is 2.72. The molecule has 0 saturated heterocycles. The summed E-state index contributed by atoms with van der Waals surface area (Å²) < 4.78 is 10.6. The predicted molar refractivity (Wildman–Crippen MR) is 78.8 cm³/mol. The van der Waals surface area contributed by atoms with Crippen LogP contribution in [0.4, 0.5) is 0 Å². The van der Waals surface area contributed by atoms with E-state index in [1.165, 1.54) is 0 Å². The molecule has 1 rings (SSSR count). The number of ether oxygens (including phenoxy) is 2. The highest BCUT2D eigenvalue weighted by Gasteiger charge is 2.43. The SMILES string of the molecule is CCCCCC1C(=O)CCC1C(OCCO)C(=O)OCC. The maximum absolute atomic E-state index is 12.1. The number of esters is 1. The van der Waals surface area contributed by atoms with Gasteiger partial charge in [-0.15, -0.1) is 0 Å². The topological polar surface area (TPSA) is 72.8 Å². The molecule has 0 spiro atoms. The van der Waals surface area contributed by atoms with Gasteiger partial charge in [0.1, 0.15) is 5.78 Å². The highest BCUT2D eigenvalue weighted by Crippen LogP contribution is 2.36. The molecule has 3 unspecified atom stereocenters. The van der Waals surface area contributed by atoms with Crippen LogP contribution < -0.4 is 0 Å². The quantitative estimate of drug-likeness (QED) is 0.494. The molecular formula is C16H28O5. The van der Waals surface area contributed by atoms with Gasteiger partial charge < -0.3 is 14.6 Å². The smallest absolute Gasteiger partial charge is 0.335 e. The Hall–Kier alpha value is -0.940. The van der Waals surface area contributed by atoms with Crippen LogP contribution in [-0.2, 0) is 19.1 Å². The molecule has 122 valence electrons. The Bertz CT molecular complexity index is 329. The Kier molecular flexibility index (Phi) is 8.54. The van der Waals surface area contributed by atoms with Crippen molar-refractivity contribution in [3.63, 3.8) is 0 Å². The van der Waals surface area contributed by atoms with Gasteiger partial charge in [-0.05, 0) is 19.8 Å². The molecule has 0 heterocycles. The van der Waals surface area contributed by atoms with Gasteiger partial charge in [-0.3, -0.25) is 4.79 Å². The first kappa shape index (κ1) is 18.1. The van der Waals surface area contributed by atoms with Crippen LogP contribution in [0.2, 0.25) is 0 Å². The van der Waals surface area contributed by atoms with Crippen LogP contribution in [-0.4, -0.2) is 42.8 Å². The monoisotopic (exact) mass is 300 g/mol. The average Bonchev–Trinajstić information content (AvgIpc) is 2.82. The Morgan fingerprint density at radius 2 is 2.14 bits per heavy atom. The molecule has 1 fully saturated rings. The fourth-order valence-corrected chi connectivity index (χ4v) is 3.06. The predicted octanol–water partition coefficient (Wildman–Crippen LogP) is 2.10. The van der Waals surface area contributed by atoms with E-state index in [1.54, 1.807) is 6.92 Å². The summed E-state index contributed by atoms with van der Waals surface area (Å²) in [6, 6.07) is 0. The summed E-state index contributed by atoms with van der Waals surface area (Å²) in [7, 11) is 0. The first-order chi connectivity index (χ1) is 10.2. The number of Topliss-reactive ketones (excluding diaryl/α,β-unsaturated/α-hetero) is 1. The molecule has 0 aromatic heterocycles. The summed E-state index contributed by atoms with van der Waals surface area (Å²) in [6.07, 6.45) is 4.47. The van der Waals surface area contributed by atoms with Gasteiger partial charge in [-0.1, -0.05) is 26.2 Å². The Morgan fingerprint density at radius 1 is 1.38 bits per heavy atom. The van der Waals surface area contributed by atoms with E-state index in [4.69, 9.17) is 14.6 Å². The summed E-state index contributed by atoms with van der Waals surface area (Å²) >= 11 is 0. The zero-order valence-electron chi connectivity index (χ0n) is 13.2. The lowest BCUT2D eigenvalue weighted by atomic mass is 9.86. The first-order valence-corrected chi connectivity index (χ1v) is 8.07. The summed E-state index contributed by atoms with van der Waals surface area (Å²) in [5.41, 5.74) is 0. The summed E-state index contributed by atoms with van der Waals surface area (Å²) in [4.78, 5) is 24.2. The molecule has 1 N–H and O–H groups in total. The third kappa shape index (κ3) is 5.40. The molecule has 0 aromatic carbocycles. The second-order valence-electron chi connectivity index (χ2n) is 5.54. The van der Waals surface area contributed by atoms with Crippen LogP contribution in [0, 0.1) is 11.8 Å². The highest BCUT2D eigenvalue weighted by molar-refractivity contribution is 5.85. The van der Waals surface area contributed by atoms with E-state index in [2.05, 4.69) is 6.92 Å². The van der Waals surface area contributed by atoms with Gasteiger partial charge in [0, 0.05) is 18.3 Å². The number of rotatable bonds is 10. The summed E-state index contributed by atoms with van der Waals surface area (Å²) in [5.74, 6) is -0.395. The molecule has 3 atom stereocenters. The fourth-order valence-electron chi connectivity index (χ4n) is 3.06. The number of carbonyl (C=O) groups excluding carboxylic acids is 2. The number of aliphatic hydroxyl groups excluding tert-OH is 1. The molecular weight excluding hydrogens is 272 g/mol. The molecule has 0 aromatic rings. The normalized spacial score (nSPS) is 23.3. The first-order valence-electron chi connectivity index (χ1n) is 8.07. The molecule has 0 radical (unpaired) electrons. The standard InChI is InChI=1S/C16H28O5/c1-3-5-6-7-12-13(8-9-14(12)18)15(21-11-10-17)16(19)20-4-2/h12-13,15,17H,3-11H2,1-2H3. The van der Waals surface area contributed by atoms with Gasteiger partial charge in [0.15, 0.2) is 6.10 Å². The van der Waals surface area contributed by atoms with E-state index in [1.807, 2.05) is 0 Å². The number of hydrogen-bond acceptors (Lipinski definition) is 5. The zero-order valence-corrected chi connectivity index (χ0v) is 13.2. The van der Waals surface area contributed by atoms with Crippen molar-refractivity contribution in [3.8, 4) is 0 Å². The van der Waals surface area contributed by atoms with Crippen LogP contribution >= 0.6 is 0 Å². The van der Waals surface area contributed by atoms with Crippen molar-refractivity contribution in [1.29, 1.82) is 0 Å². The summed E-state index contributed by atoms with van der Waals surface area (Å²) in [5, 5.41) is 8.92. The molecule has 5 nitrogen and oxygen atoms in total. The van der Waals surface area contributed by atoms with E-state index >= 15 is 0 Å². The molecule has 5 heteroatoms. The van der Waals surface area contributed by atoms with Crippen molar-refractivity contribution in [2.45, 2.75) is 58.5 Å². The van der Waals surface area contributed by atoms with E-state index < -0.39 is 12.1 Å². The number of ketones is 1. The van der Waals surface area contributed by atoms with Gasteiger partial charge in [0.2, 0.25) is 0 Å². The van der Waals surface area contributed by atoms with Crippen LogP contribution in [0.3, 0.4) is 0 Å². The molecule has 1 aliphatic rings. The van der Waals surface area contributed by atoms with Crippen molar-refractivity contribution in [3.05, 3.63) is 0 Å². The second kappa shape index (κ2) is 9.90. The highest BCUT2D eigenvalue weighted by atomic mass is 16.6. The third-order valence-electron chi connectivity index (χ3n) is 4.07. The fraction of sp³-hybridized carbons (Fsp3) is 0.875. The lowest BCUT2D eigenvalue weighted by Gasteiger charge is -2.26. The van der Waals surface area contributed by atoms with Crippen molar-refractivity contribution < 1.29 is 24.2 Å². The van der Waals surface area contributed by atoms with Crippen LogP contribution in [0.25, 0.3) is 0 Å². The van der Waals surface area contributed by atoms with Crippen molar-refractivity contribution in [1.82, 2.24) is 0 Å². The van der Waals surface area contributed by atoms with E-state index in [0.717, 1.165) is 25.7 Å². The molecule has 0 aliphatic heterocycles. The maximum atomic E-state index is 12.1. The number of aliphatic hydroxyl groups is 1. The van der Waals surface area contributed by atoms with E-state index in [-0.39, 0.29) is 30.8 Å². The van der Waals surface area contributed by atoms with Crippen LogP contribution in [0.5, 0.6) is 0 Å². The number of hydrogen-bond donors (Lipinski definition) is 1. The second-order valence-corrected chi connectivity index (χ2v) is 5.54. The van der Waals surface area contributed by atoms with Crippen molar-refractivity contribution >= 4 is 11.8 Å². The van der Waals surface area contributed by atoms with Gasteiger partial charge in [-0.25, -0.2) is 4.79 Å². The number of unbranched alkanes of at least 4 members (excludes halogenated alkanes) is 2. The Morgan fingerprint density at radius 3 is 2.76 bits per heavy atom. The minimum absolute atomic E-state index is 0.0931. The largest absolute Gasteiger partial charge is 0.464 e. The van der Waals surface area contributed by atoms with Crippen LogP contribution in [0.1, 0.15) is 52.4 Å². The maximum Gasteiger partial charge on any atom is 0.335 e. The van der Waals surface area contributed by atoms with Crippen LogP contribution in [0.15, 0.2) is 0 Å². The number of carbonyl (C=O) groups is 2. The lowest BCUT2D eigenvalue weighted by Crippen LogP contribution is -2.38. The summed E-state index contributed by atoms with van der Waals surface area (Å²) in [6.45, 7) is 4.12. The molecule has 21 heavy (non-hydrogen) atoms. The Labute approximate surface area is 127 Å². The molecule has 1 saturated carbocycles.